The summed E-state index contributed by atoms with van der Waals surface area (Å²) < 4.78 is 13.6. The van der Waals surface area contributed by atoms with Gasteiger partial charge in [-0.25, -0.2) is 9.18 Å². The topological polar surface area (TPSA) is 87.5 Å². The van der Waals surface area contributed by atoms with Gasteiger partial charge in [0.05, 0.1) is 0 Å². The van der Waals surface area contributed by atoms with Crippen molar-refractivity contribution >= 4 is 11.9 Å². The fraction of sp³-hybridized carbons (Fsp3) is 0.385. The molecule has 0 saturated carbocycles. The first kappa shape index (κ1) is 15.9. The van der Waals surface area contributed by atoms with Crippen molar-refractivity contribution in [2.75, 3.05) is 27.2 Å². The average Bonchev–Trinajstić information content (AvgIpc) is 2.39. The second-order valence-corrected chi connectivity index (χ2v) is 4.47. The number of urea groups is 1. The lowest BCUT2D eigenvalue weighted by atomic mass is 10.1. The molecule has 1 aromatic carbocycles. The van der Waals surface area contributed by atoms with Crippen LogP contribution >= 0.6 is 0 Å². The Bertz CT molecular complexity index is 491. The number of rotatable bonds is 6. The van der Waals surface area contributed by atoms with Crippen LogP contribution in [0.15, 0.2) is 18.2 Å². The molecular weight excluding hydrogens is 263 g/mol. The molecule has 6 nitrogen and oxygen atoms in total. The van der Waals surface area contributed by atoms with Crippen molar-refractivity contribution in [3.8, 4) is 0 Å². The van der Waals surface area contributed by atoms with Gasteiger partial charge in [-0.2, -0.15) is 0 Å². The summed E-state index contributed by atoms with van der Waals surface area (Å²) in [5.74, 6) is -1.14. The summed E-state index contributed by atoms with van der Waals surface area (Å²) in [7, 11) is 3.30. The Hall–Kier alpha value is -2.15. The highest BCUT2D eigenvalue weighted by molar-refractivity contribution is 5.92. The molecule has 1 aromatic rings. The summed E-state index contributed by atoms with van der Waals surface area (Å²) in [6.07, 6.45) is 0. The smallest absolute Gasteiger partial charge is 0.316 e. The van der Waals surface area contributed by atoms with Crippen molar-refractivity contribution in [1.82, 2.24) is 15.5 Å². The van der Waals surface area contributed by atoms with Crippen molar-refractivity contribution < 1.29 is 14.0 Å². The quantitative estimate of drug-likeness (QED) is 0.655. The molecule has 0 bridgehead atoms. The number of carbonyl (C=O) groups excluding carboxylic acids is 2. The molecule has 0 radical (unpaired) electrons. The number of primary amides is 1. The van der Waals surface area contributed by atoms with Gasteiger partial charge in [0.15, 0.2) is 0 Å². The molecule has 7 heteroatoms. The van der Waals surface area contributed by atoms with Crippen LogP contribution in [0, 0.1) is 5.82 Å². The predicted octanol–water partition coefficient (Wildman–Crippen LogP) is 0.285. The minimum Gasteiger partial charge on any atom is -0.366 e. The van der Waals surface area contributed by atoms with Gasteiger partial charge in [0.2, 0.25) is 5.91 Å². The van der Waals surface area contributed by atoms with Crippen LogP contribution in [0.4, 0.5) is 9.18 Å². The molecule has 1 rings (SSSR count). The van der Waals surface area contributed by atoms with Crippen molar-refractivity contribution in [2.24, 2.45) is 5.73 Å². The molecular formula is C13H19FN4O2. The van der Waals surface area contributed by atoms with Crippen LogP contribution in [0.5, 0.6) is 0 Å². The Morgan fingerprint density at radius 1 is 1.30 bits per heavy atom. The maximum Gasteiger partial charge on any atom is 0.316 e. The van der Waals surface area contributed by atoms with E-state index in [4.69, 9.17) is 5.73 Å². The lowest BCUT2D eigenvalue weighted by molar-refractivity contribution is 0.1000. The molecule has 3 amide bonds. The predicted molar refractivity (Wildman–Crippen MR) is 73.7 cm³/mol. The zero-order valence-corrected chi connectivity index (χ0v) is 11.6. The fourth-order valence-corrected chi connectivity index (χ4v) is 1.48. The van der Waals surface area contributed by atoms with Gasteiger partial charge in [-0.3, -0.25) is 4.79 Å². The minimum atomic E-state index is -0.658. The molecule has 0 atom stereocenters. The molecule has 0 aromatic heterocycles. The Morgan fingerprint density at radius 3 is 2.55 bits per heavy atom. The van der Waals surface area contributed by atoms with E-state index in [-0.39, 0.29) is 11.6 Å². The standard InChI is InChI=1S/C13H19FN4O2/c1-18(2)13(20)17-6-5-16-8-10-4-3-9(12(15)19)7-11(10)14/h3-4,7,16H,5-6,8H2,1-2H3,(H2,15,19)(H,17,20). The van der Waals surface area contributed by atoms with Crippen LogP contribution in [0.1, 0.15) is 15.9 Å². The van der Waals surface area contributed by atoms with Gasteiger partial charge in [0.25, 0.3) is 0 Å². The number of amides is 3. The lowest BCUT2D eigenvalue weighted by Gasteiger charge is -2.12. The summed E-state index contributed by atoms with van der Waals surface area (Å²) >= 11 is 0. The molecule has 0 saturated heterocycles. The summed E-state index contributed by atoms with van der Waals surface area (Å²) in [6, 6.07) is 3.94. The van der Waals surface area contributed by atoms with Gasteiger partial charge >= 0.3 is 6.03 Å². The Labute approximate surface area is 117 Å². The molecule has 20 heavy (non-hydrogen) atoms. The molecule has 0 heterocycles. The van der Waals surface area contributed by atoms with Crippen LogP contribution in [0.25, 0.3) is 0 Å². The van der Waals surface area contributed by atoms with Gasteiger partial charge in [0, 0.05) is 44.9 Å². The highest BCUT2D eigenvalue weighted by Gasteiger charge is 2.06. The van der Waals surface area contributed by atoms with Crippen LogP contribution in [0.2, 0.25) is 0 Å². The van der Waals surface area contributed by atoms with E-state index in [2.05, 4.69) is 10.6 Å². The number of hydrogen-bond acceptors (Lipinski definition) is 3. The molecule has 110 valence electrons. The van der Waals surface area contributed by atoms with E-state index in [1.54, 1.807) is 14.1 Å². The number of nitrogens with one attached hydrogen (secondary N) is 2. The highest BCUT2D eigenvalue weighted by atomic mass is 19.1. The van der Waals surface area contributed by atoms with E-state index in [0.29, 0.717) is 25.2 Å². The van der Waals surface area contributed by atoms with Crippen LogP contribution in [-0.2, 0) is 6.54 Å². The van der Waals surface area contributed by atoms with E-state index in [1.807, 2.05) is 0 Å². The number of benzene rings is 1. The number of nitrogens with two attached hydrogens (primary N) is 1. The van der Waals surface area contributed by atoms with Gasteiger partial charge < -0.3 is 21.3 Å². The zero-order valence-electron chi connectivity index (χ0n) is 11.6. The Kier molecular flexibility index (Phi) is 5.92. The Morgan fingerprint density at radius 2 is 2.00 bits per heavy atom. The number of hydrogen-bond donors (Lipinski definition) is 3. The first-order valence-electron chi connectivity index (χ1n) is 6.16. The minimum absolute atomic E-state index is 0.143. The summed E-state index contributed by atoms with van der Waals surface area (Å²) in [5, 5.41) is 5.67. The van der Waals surface area contributed by atoms with Crippen molar-refractivity contribution in [3.05, 3.63) is 35.1 Å². The molecule has 4 N–H and O–H groups in total. The SMILES string of the molecule is CN(C)C(=O)NCCNCc1ccc(C(N)=O)cc1F. The molecule has 0 aliphatic carbocycles. The lowest BCUT2D eigenvalue weighted by Crippen LogP contribution is -2.38. The van der Waals surface area contributed by atoms with E-state index in [9.17, 15) is 14.0 Å². The van der Waals surface area contributed by atoms with Gasteiger partial charge in [0.1, 0.15) is 5.82 Å². The second-order valence-electron chi connectivity index (χ2n) is 4.47. The van der Waals surface area contributed by atoms with E-state index >= 15 is 0 Å². The number of nitrogens with zero attached hydrogens (tertiary/aromatic N) is 1. The summed E-state index contributed by atoms with van der Waals surface area (Å²) in [5.41, 5.74) is 5.64. The maximum atomic E-state index is 13.6. The summed E-state index contributed by atoms with van der Waals surface area (Å²) in [4.78, 5) is 23.5. The third kappa shape index (κ3) is 4.85. The highest BCUT2D eigenvalue weighted by Crippen LogP contribution is 2.09. The second kappa shape index (κ2) is 7.44. The molecule has 0 fully saturated rings. The zero-order chi connectivity index (χ0) is 15.1. The largest absolute Gasteiger partial charge is 0.366 e. The van der Waals surface area contributed by atoms with Crippen LogP contribution in [0.3, 0.4) is 0 Å². The molecule has 0 aliphatic heterocycles. The molecule has 0 unspecified atom stereocenters. The third-order valence-electron chi connectivity index (χ3n) is 2.64. The van der Waals surface area contributed by atoms with Crippen molar-refractivity contribution in [1.29, 1.82) is 0 Å². The third-order valence-corrected chi connectivity index (χ3v) is 2.64. The van der Waals surface area contributed by atoms with Crippen LogP contribution < -0.4 is 16.4 Å². The van der Waals surface area contributed by atoms with Gasteiger partial charge in [-0.05, 0) is 12.1 Å². The normalized spacial score (nSPS) is 10.2. The van der Waals surface area contributed by atoms with Crippen molar-refractivity contribution in [2.45, 2.75) is 6.54 Å². The fourth-order valence-electron chi connectivity index (χ4n) is 1.48. The van der Waals surface area contributed by atoms with Crippen LogP contribution in [-0.4, -0.2) is 44.0 Å². The van der Waals surface area contributed by atoms with E-state index in [1.165, 1.54) is 17.0 Å². The van der Waals surface area contributed by atoms with Crippen molar-refractivity contribution in [3.63, 3.8) is 0 Å². The van der Waals surface area contributed by atoms with E-state index < -0.39 is 11.7 Å². The first-order valence-corrected chi connectivity index (χ1v) is 6.16. The van der Waals surface area contributed by atoms with Gasteiger partial charge in [-0.1, -0.05) is 6.07 Å². The van der Waals surface area contributed by atoms with Gasteiger partial charge in [-0.15, -0.1) is 0 Å². The number of halogens is 1. The first-order chi connectivity index (χ1) is 9.41. The average molecular weight is 282 g/mol. The number of carbonyl (C=O) groups is 2. The summed E-state index contributed by atoms with van der Waals surface area (Å²) in [6.45, 7) is 1.26. The molecule has 0 spiro atoms. The molecule has 0 aliphatic rings. The maximum absolute atomic E-state index is 13.6. The monoisotopic (exact) mass is 282 g/mol. The van der Waals surface area contributed by atoms with E-state index in [0.717, 1.165) is 6.07 Å². The Balaban J connectivity index is 2.36.